The second-order valence-electron chi connectivity index (χ2n) is 5.75. The molecule has 16 heavy (non-hydrogen) atoms. The monoisotopic (exact) mass is 229 g/mol. The molecule has 0 aliphatic carbocycles. The highest BCUT2D eigenvalue weighted by Crippen LogP contribution is 2.07. The third-order valence-corrected chi connectivity index (χ3v) is 2.73. The van der Waals surface area contributed by atoms with Crippen molar-refractivity contribution in [2.75, 3.05) is 19.6 Å². The largest absolute Gasteiger partial charge is 0.393 e. The van der Waals surface area contributed by atoms with Gasteiger partial charge in [0.05, 0.1) is 6.10 Å². The maximum Gasteiger partial charge on any atom is 0.0538 e. The summed E-state index contributed by atoms with van der Waals surface area (Å²) in [4.78, 5) is 2.54. The van der Waals surface area contributed by atoms with Crippen LogP contribution in [-0.4, -0.2) is 35.7 Å². The van der Waals surface area contributed by atoms with Crippen molar-refractivity contribution in [3.63, 3.8) is 0 Å². The van der Waals surface area contributed by atoms with E-state index in [4.69, 9.17) is 0 Å². The highest BCUT2D eigenvalue weighted by atomic mass is 16.3. The highest BCUT2D eigenvalue weighted by Gasteiger charge is 2.10. The van der Waals surface area contributed by atoms with Crippen LogP contribution in [0, 0.1) is 11.8 Å². The first-order chi connectivity index (χ1) is 7.45. The predicted molar refractivity (Wildman–Crippen MR) is 71.6 cm³/mol. The zero-order valence-corrected chi connectivity index (χ0v) is 11.9. The molecule has 2 nitrogen and oxygen atoms in total. The van der Waals surface area contributed by atoms with Crippen molar-refractivity contribution in [3.8, 4) is 0 Å². The number of rotatable bonds is 9. The zero-order valence-electron chi connectivity index (χ0n) is 11.9. The zero-order chi connectivity index (χ0) is 12.6. The fourth-order valence-electron chi connectivity index (χ4n) is 2.04. The van der Waals surface area contributed by atoms with Gasteiger partial charge >= 0.3 is 0 Å². The fraction of sp³-hybridized carbons (Fsp3) is 1.00. The van der Waals surface area contributed by atoms with Crippen molar-refractivity contribution in [3.05, 3.63) is 0 Å². The van der Waals surface area contributed by atoms with Crippen LogP contribution in [0.15, 0.2) is 0 Å². The van der Waals surface area contributed by atoms with Gasteiger partial charge in [0.15, 0.2) is 0 Å². The molecule has 0 spiro atoms. The van der Waals surface area contributed by atoms with Gasteiger partial charge in [-0.2, -0.15) is 0 Å². The van der Waals surface area contributed by atoms with Gasteiger partial charge in [0.25, 0.3) is 0 Å². The summed E-state index contributed by atoms with van der Waals surface area (Å²) < 4.78 is 0. The summed E-state index contributed by atoms with van der Waals surface area (Å²) in [6.45, 7) is 14.6. The van der Waals surface area contributed by atoms with E-state index in [-0.39, 0.29) is 6.10 Å². The molecule has 0 aromatic rings. The van der Waals surface area contributed by atoms with Crippen molar-refractivity contribution < 1.29 is 5.11 Å². The minimum atomic E-state index is -0.0973. The maximum atomic E-state index is 9.52. The molecule has 0 aliphatic heterocycles. The van der Waals surface area contributed by atoms with Gasteiger partial charge in [-0.25, -0.2) is 0 Å². The van der Waals surface area contributed by atoms with Gasteiger partial charge in [-0.05, 0) is 37.6 Å². The van der Waals surface area contributed by atoms with E-state index in [1.54, 1.807) is 0 Å². The van der Waals surface area contributed by atoms with Crippen molar-refractivity contribution in [1.29, 1.82) is 0 Å². The number of nitrogens with zero attached hydrogens (tertiary/aromatic N) is 1. The van der Waals surface area contributed by atoms with Gasteiger partial charge in [-0.1, -0.05) is 34.6 Å². The van der Waals surface area contributed by atoms with Crippen LogP contribution in [0.1, 0.15) is 53.9 Å². The topological polar surface area (TPSA) is 23.5 Å². The second-order valence-corrected chi connectivity index (χ2v) is 5.75. The molecule has 98 valence electrons. The van der Waals surface area contributed by atoms with Crippen molar-refractivity contribution in [1.82, 2.24) is 4.90 Å². The Kier molecular flexibility index (Phi) is 8.96. The molecule has 0 rings (SSSR count). The SMILES string of the molecule is CCC(O)CCCN(CC(C)C)CC(C)C. The minimum absolute atomic E-state index is 0.0973. The minimum Gasteiger partial charge on any atom is -0.393 e. The summed E-state index contributed by atoms with van der Waals surface area (Å²) in [5.74, 6) is 1.46. The van der Waals surface area contributed by atoms with E-state index in [1.807, 2.05) is 6.92 Å². The van der Waals surface area contributed by atoms with Gasteiger partial charge in [-0.15, -0.1) is 0 Å². The summed E-state index contributed by atoms with van der Waals surface area (Å²) in [7, 11) is 0. The van der Waals surface area contributed by atoms with Gasteiger partial charge in [0, 0.05) is 13.1 Å². The Balaban J connectivity index is 3.82. The number of hydrogen-bond donors (Lipinski definition) is 1. The lowest BCUT2D eigenvalue weighted by atomic mass is 10.1. The van der Waals surface area contributed by atoms with Gasteiger partial charge < -0.3 is 10.0 Å². The normalized spacial score (nSPS) is 14.1. The Morgan fingerprint density at radius 2 is 1.50 bits per heavy atom. The molecule has 0 heterocycles. The smallest absolute Gasteiger partial charge is 0.0538 e. The van der Waals surface area contributed by atoms with Crippen LogP contribution >= 0.6 is 0 Å². The van der Waals surface area contributed by atoms with Crippen molar-refractivity contribution in [2.45, 2.75) is 60.0 Å². The van der Waals surface area contributed by atoms with Crippen LogP contribution in [0.5, 0.6) is 0 Å². The molecular weight excluding hydrogens is 198 g/mol. The van der Waals surface area contributed by atoms with Crippen LogP contribution < -0.4 is 0 Å². The lowest BCUT2D eigenvalue weighted by Crippen LogP contribution is -2.32. The summed E-state index contributed by atoms with van der Waals surface area (Å²) in [5.41, 5.74) is 0. The van der Waals surface area contributed by atoms with Gasteiger partial charge in [0.2, 0.25) is 0 Å². The van der Waals surface area contributed by atoms with Gasteiger partial charge in [0.1, 0.15) is 0 Å². The third kappa shape index (κ3) is 9.17. The highest BCUT2D eigenvalue weighted by molar-refractivity contribution is 4.64. The Labute approximate surface area is 102 Å². The lowest BCUT2D eigenvalue weighted by molar-refractivity contribution is 0.144. The second kappa shape index (κ2) is 9.00. The molecule has 2 heteroatoms. The Bertz CT molecular complexity index is 147. The van der Waals surface area contributed by atoms with Crippen LogP contribution in [0.4, 0.5) is 0 Å². The number of aliphatic hydroxyl groups is 1. The third-order valence-electron chi connectivity index (χ3n) is 2.73. The van der Waals surface area contributed by atoms with E-state index in [2.05, 4.69) is 32.6 Å². The van der Waals surface area contributed by atoms with E-state index >= 15 is 0 Å². The average Bonchev–Trinajstić information content (AvgIpc) is 2.15. The lowest BCUT2D eigenvalue weighted by Gasteiger charge is -2.26. The molecule has 1 atom stereocenters. The fourth-order valence-corrected chi connectivity index (χ4v) is 2.04. The molecule has 0 saturated heterocycles. The first-order valence-corrected chi connectivity index (χ1v) is 6.86. The maximum absolute atomic E-state index is 9.52. The molecule has 1 N–H and O–H groups in total. The summed E-state index contributed by atoms with van der Waals surface area (Å²) >= 11 is 0. The van der Waals surface area contributed by atoms with E-state index in [0.717, 1.165) is 37.6 Å². The van der Waals surface area contributed by atoms with Crippen LogP contribution in [-0.2, 0) is 0 Å². The Morgan fingerprint density at radius 3 is 1.88 bits per heavy atom. The average molecular weight is 229 g/mol. The quantitative estimate of drug-likeness (QED) is 0.656. The molecule has 0 aromatic heterocycles. The van der Waals surface area contributed by atoms with Crippen LogP contribution in [0.2, 0.25) is 0 Å². The first kappa shape index (κ1) is 15.9. The first-order valence-electron chi connectivity index (χ1n) is 6.86. The van der Waals surface area contributed by atoms with E-state index < -0.39 is 0 Å². The summed E-state index contributed by atoms with van der Waals surface area (Å²) in [6.07, 6.45) is 2.85. The molecule has 0 aliphatic rings. The molecule has 0 aromatic carbocycles. The standard InChI is InChI=1S/C14H31NO/c1-6-14(16)8-7-9-15(10-12(2)3)11-13(4)5/h12-14,16H,6-11H2,1-5H3. The molecule has 0 bridgehead atoms. The molecule has 0 radical (unpaired) electrons. The Hall–Kier alpha value is -0.0800. The Morgan fingerprint density at radius 1 is 1.00 bits per heavy atom. The number of aliphatic hydroxyl groups excluding tert-OH is 1. The molecule has 0 saturated carbocycles. The van der Waals surface area contributed by atoms with E-state index in [9.17, 15) is 5.11 Å². The molecule has 0 amide bonds. The molecular formula is C14H31NO. The van der Waals surface area contributed by atoms with Gasteiger partial charge in [-0.3, -0.25) is 0 Å². The summed E-state index contributed by atoms with van der Waals surface area (Å²) in [6, 6.07) is 0. The van der Waals surface area contributed by atoms with Crippen LogP contribution in [0.3, 0.4) is 0 Å². The van der Waals surface area contributed by atoms with E-state index in [1.165, 1.54) is 13.1 Å². The van der Waals surface area contributed by atoms with Crippen LogP contribution in [0.25, 0.3) is 0 Å². The van der Waals surface area contributed by atoms with Crippen molar-refractivity contribution >= 4 is 0 Å². The number of hydrogen-bond acceptors (Lipinski definition) is 2. The molecule has 0 fully saturated rings. The summed E-state index contributed by atoms with van der Waals surface area (Å²) in [5, 5.41) is 9.52. The molecule has 1 unspecified atom stereocenters. The van der Waals surface area contributed by atoms with Crippen molar-refractivity contribution in [2.24, 2.45) is 11.8 Å². The van der Waals surface area contributed by atoms with E-state index in [0.29, 0.717) is 0 Å². The predicted octanol–water partition coefficient (Wildman–Crippen LogP) is 3.15.